The van der Waals surface area contributed by atoms with Crippen LogP contribution in [0.5, 0.6) is 0 Å². The summed E-state index contributed by atoms with van der Waals surface area (Å²) in [4.78, 5) is 38.8. The maximum absolute atomic E-state index is 13.5. The van der Waals surface area contributed by atoms with Crippen LogP contribution in [-0.2, 0) is 28.6 Å². The number of ether oxygens (including phenoxy) is 3. The first-order valence-electron chi connectivity index (χ1n) is 17.0. The summed E-state index contributed by atoms with van der Waals surface area (Å²) in [5.74, 6) is -2.34. The highest BCUT2D eigenvalue weighted by molar-refractivity contribution is 5.88. The van der Waals surface area contributed by atoms with Crippen LogP contribution in [0.1, 0.15) is 114 Å². The minimum atomic E-state index is -1.24. The molecule has 0 saturated heterocycles. The van der Waals surface area contributed by atoms with E-state index in [0.29, 0.717) is 49.2 Å². The zero-order chi connectivity index (χ0) is 33.9. The summed E-state index contributed by atoms with van der Waals surface area (Å²) in [6.07, 6.45) is 1.82. The Morgan fingerprint density at radius 1 is 1.04 bits per heavy atom. The number of hydrogen-bond acceptors (Lipinski definition) is 8. The van der Waals surface area contributed by atoms with E-state index in [2.05, 4.69) is 34.6 Å². The molecule has 9 heteroatoms. The maximum Gasteiger partial charge on any atom is 0.338 e. The van der Waals surface area contributed by atoms with Crippen LogP contribution in [0.3, 0.4) is 0 Å². The molecule has 11 atom stereocenters. The lowest BCUT2D eigenvalue weighted by molar-refractivity contribution is -0.291. The molecule has 0 aromatic heterocycles. The minimum absolute atomic E-state index is 0.00173. The van der Waals surface area contributed by atoms with Gasteiger partial charge in [-0.1, -0.05) is 48.0 Å². The van der Waals surface area contributed by atoms with E-state index in [9.17, 15) is 29.7 Å². The third-order valence-electron chi connectivity index (χ3n) is 13.2. The van der Waals surface area contributed by atoms with Gasteiger partial charge in [-0.2, -0.15) is 0 Å². The summed E-state index contributed by atoms with van der Waals surface area (Å²) in [7, 11) is 1.45. The van der Waals surface area contributed by atoms with Gasteiger partial charge >= 0.3 is 17.9 Å². The van der Waals surface area contributed by atoms with Crippen molar-refractivity contribution in [2.24, 2.45) is 45.8 Å². The number of aliphatic carboxylic acids is 1. The van der Waals surface area contributed by atoms with Crippen LogP contribution in [-0.4, -0.2) is 70.4 Å². The summed E-state index contributed by atoms with van der Waals surface area (Å²) in [5, 5.41) is 34.2. The fraction of sp³-hybridized carbons (Fsp3) is 0.861. The van der Waals surface area contributed by atoms with Crippen molar-refractivity contribution < 1.29 is 43.9 Å². The first kappa shape index (κ1) is 35.9. The fourth-order valence-corrected chi connectivity index (χ4v) is 10.5. The number of carboxylic acids is 1. The van der Waals surface area contributed by atoms with E-state index >= 15 is 0 Å². The van der Waals surface area contributed by atoms with Crippen LogP contribution < -0.4 is 0 Å². The largest absolute Gasteiger partial charge is 0.478 e. The average molecular weight is 635 g/mol. The van der Waals surface area contributed by atoms with Gasteiger partial charge in [-0.05, 0) is 98.9 Å². The standard InChI is InChI=1S/C36H58O9/c1-19(2)12-11-13-22(31(40)41)27-23-14-15-26-34(7)17-16-24(38)20(3)28(34)29(45-32(42)33(5,6)43-10)30(39)36(26,9)35(23,8)18-25(27)44-21(4)37/h19-20,23-26,28-30,38-39H,11-18H2,1-10H3,(H,40,41)/b27-22-. The van der Waals surface area contributed by atoms with Gasteiger partial charge in [0, 0.05) is 30.9 Å². The Morgan fingerprint density at radius 3 is 2.24 bits per heavy atom. The molecule has 0 aliphatic heterocycles. The van der Waals surface area contributed by atoms with Crippen molar-refractivity contribution in [1.29, 1.82) is 0 Å². The van der Waals surface area contributed by atoms with Gasteiger partial charge in [0.2, 0.25) is 0 Å². The number of hydrogen-bond donors (Lipinski definition) is 3. The highest BCUT2D eigenvalue weighted by Gasteiger charge is 2.74. The number of rotatable bonds is 9. The van der Waals surface area contributed by atoms with Gasteiger partial charge in [0.25, 0.3) is 0 Å². The van der Waals surface area contributed by atoms with Crippen LogP contribution in [0.15, 0.2) is 11.1 Å². The van der Waals surface area contributed by atoms with Gasteiger partial charge in [-0.15, -0.1) is 0 Å². The number of methoxy groups -OCH3 is 1. The molecule has 0 aromatic carbocycles. The number of aliphatic hydroxyl groups excluding tert-OH is 2. The van der Waals surface area contributed by atoms with Crippen LogP contribution in [0.4, 0.5) is 0 Å². The number of esters is 2. The number of aliphatic hydroxyl groups is 2. The second-order valence-corrected chi connectivity index (χ2v) is 16.2. The summed E-state index contributed by atoms with van der Waals surface area (Å²) in [6.45, 7) is 17.3. The molecule has 0 spiro atoms. The van der Waals surface area contributed by atoms with Crippen molar-refractivity contribution in [3.63, 3.8) is 0 Å². The molecule has 4 saturated carbocycles. The van der Waals surface area contributed by atoms with Crippen LogP contribution in [0, 0.1) is 45.8 Å². The Hall–Kier alpha value is -1.97. The van der Waals surface area contributed by atoms with Gasteiger partial charge < -0.3 is 29.5 Å². The van der Waals surface area contributed by atoms with E-state index in [1.807, 2.05) is 6.92 Å². The number of fused-ring (bicyclic) bond motifs is 5. The molecule has 0 aromatic rings. The lowest BCUT2D eigenvalue weighted by Crippen LogP contribution is -2.72. The van der Waals surface area contributed by atoms with E-state index in [1.165, 1.54) is 14.0 Å². The predicted molar refractivity (Wildman–Crippen MR) is 169 cm³/mol. The van der Waals surface area contributed by atoms with Gasteiger partial charge in [0.05, 0.1) is 12.2 Å². The average Bonchev–Trinajstić information content (AvgIpc) is 3.23. The molecule has 4 aliphatic rings. The summed E-state index contributed by atoms with van der Waals surface area (Å²) in [5.41, 5.74) is -2.10. The highest BCUT2D eigenvalue weighted by Crippen LogP contribution is 2.74. The van der Waals surface area contributed by atoms with Gasteiger partial charge in [0.1, 0.15) is 12.2 Å². The van der Waals surface area contributed by atoms with E-state index in [-0.39, 0.29) is 29.1 Å². The van der Waals surface area contributed by atoms with Crippen molar-refractivity contribution in [3.8, 4) is 0 Å². The maximum atomic E-state index is 13.5. The van der Waals surface area contributed by atoms with Crippen molar-refractivity contribution >= 4 is 17.9 Å². The second kappa shape index (κ2) is 12.6. The van der Waals surface area contributed by atoms with Crippen LogP contribution in [0.2, 0.25) is 0 Å². The molecule has 0 radical (unpaired) electrons. The van der Waals surface area contributed by atoms with Crippen molar-refractivity contribution in [3.05, 3.63) is 11.1 Å². The lowest BCUT2D eigenvalue weighted by atomic mass is 9.35. The van der Waals surface area contributed by atoms with Gasteiger partial charge in [0.15, 0.2) is 5.60 Å². The Kier molecular flexibility index (Phi) is 10.0. The molecule has 4 aliphatic carbocycles. The summed E-state index contributed by atoms with van der Waals surface area (Å²) < 4.78 is 17.7. The molecule has 0 bridgehead atoms. The second-order valence-electron chi connectivity index (χ2n) is 16.2. The lowest BCUT2D eigenvalue weighted by Gasteiger charge is -2.70. The van der Waals surface area contributed by atoms with Gasteiger partial charge in [-0.3, -0.25) is 4.79 Å². The Balaban J connectivity index is 1.89. The third kappa shape index (κ3) is 5.77. The van der Waals surface area contributed by atoms with Crippen molar-refractivity contribution in [2.75, 3.05) is 7.11 Å². The van der Waals surface area contributed by atoms with Crippen molar-refractivity contribution in [1.82, 2.24) is 0 Å². The number of carbonyl (C=O) groups excluding carboxylic acids is 2. The van der Waals surface area contributed by atoms with E-state index in [0.717, 1.165) is 19.3 Å². The molecular weight excluding hydrogens is 576 g/mol. The topological polar surface area (TPSA) is 140 Å². The Bertz CT molecular complexity index is 1190. The molecule has 0 amide bonds. The molecule has 4 fully saturated rings. The Labute approximate surface area is 269 Å². The van der Waals surface area contributed by atoms with E-state index < -0.39 is 58.8 Å². The number of carbonyl (C=O) groups is 3. The van der Waals surface area contributed by atoms with Crippen molar-refractivity contribution in [2.45, 2.75) is 144 Å². The third-order valence-corrected chi connectivity index (χ3v) is 13.2. The predicted octanol–water partition coefficient (Wildman–Crippen LogP) is 5.69. The first-order valence-corrected chi connectivity index (χ1v) is 17.0. The zero-order valence-electron chi connectivity index (χ0n) is 29.1. The quantitative estimate of drug-likeness (QED) is 0.215. The number of carboxylic acid groups (broad SMARTS) is 1. The van der Waals surface area contributed by atoms with E-state index in [4.69, 9.17) is 14.2 Å². The smallest absolute Gasteiger partial charge is 0.338 e. The molecular formula is C36H58O9. The summed E-state index contributed by atoms with van der Waals surface area (Å²) in [6, 6.07) is 0. The molecule has 4 rings (SSSR count). The zero-order valence-corrected chi connectivity index (χ0v) is 29.1. The van der Waals surface area contributed by atoms with E-state index in [1.54, 1.807) is 13.8 Å². The minimum Gasteiger partial charge on any atom is -0.478 e. The molecule has 45 heavy (non-hydrogen) atoms. The monoisotopic (exact) mass is 634 g/mol. The highest BCUT2D eigenvalue weighted by atomic mass is 16.6. The van der Waals surface area contributed by atoms with Crippen LogP contribution in [0.25, 0.3) is 0 Å². The molecule has 256 valence electrons. The molecule has 9 nitrogen and oxygen atoms in total. The molecule has 0 heterocycles. The molecule has 11 unspecified atom stereocenters. The SMILES string of the molecule is COC(C)(C)C(=O)OC1C2C(C)C(O)CCC2(C)C2CCC3/C(=C(\CCCC(C)C)C(=O)O)C(OC(C)=O)CC3(C)C2(C)C1O. The van der Waals surface area contributed by atoms with Gasteiger partial charge in [-0.25, -0.2) is 9.59 Å². The molecule has 3 N–H and O–H groups in total. The Morgan fingerprint density at radius 2 is 1.69 bits per heavy atom. The normalized spacial score (nSPS) is 42.3. The first-order chi connectivity index (χ1) is 20.8. The fourth-order valence-electron chi connectivity index (χ4n) is 10.5. The van der Waals surface area contributed by atoms with Crippen LogP contribution >= 0.6 is 0 Å². The summed E-state index contributed by atoms with van der Waals surface area (Å²) >= 11 is 0.